The number of hydrogen-bond acceptors (Lipinski definition) is 4. The first kappa shape index (κ1) is 27.3. The number of methoxy groups -OCH3 is 1. The molecule has 0 amide bonds. The number of fused-ring (bicyclic) bond motifs is 1. The molecule has 4 heteroatoms. The van der Waals surface area contributed by atoms with Crippen molar-refractivity contribution < 1.29 is 19.4 Å². The van der Waals surface area contributed by atoms with Crippen molar-refractivity contribution in [2.24, 2.45) is 29.1 Å². The monoisotopic (exact) mass is 540 g/mol. The van der Waals surface area contributed by atoms with Crippen LogP contribution in [0.5, 0.6) is 5.75 Å². The molecule has 4 fully saturated rings. The summed E-state index contributed by atoms with van der Waals surface area (Å²) in [5, 5.41) is 12.7. The van der Waals surface area contributed by atoms with Crippen LogP contribution in [0.4, 0.5) is 0 Å². The van der Waals surface area contributed by atoms with Gasteiger partial charge in [0.05, 0.1) is 13.7 Å². The predicted octanol–water partition coefficient (Wildman–Crippen LogP) is 8.45. The predicted molar refractivity (Wildman–Crippen MR) is 160 cm³/mol. The van der Waals surface area contributed by atoms with Gasteiger partial charge in [-0.3, -0.25) is 0 Å². The first-order valence-electron chi connectivity index (χ1n) is 15.5. The van der Waals surface area contributed by atoms with Gasteiger partial charge in [0.25, 0.3) is 0 Å². The highest BCUT2D eigenvalue weighted by molar-refractivity contribution is 5.94. The summed E-state index contributed by atoms with van der Waals surface area (Å²) in [4.78, 5) is 12.4. The second-order valence-corrected chi connectivity index (χ2v) is 13.0. The highest BCUT2D eigenvalue weighted by atomic mass is 16.5. The molecule has 4 nitrogen and oxygen atoms in total. The topological polar surface area (TPSA) is 55.8 Å². The molecule has 0 aromatic heterocycles. The molecule has 4 bridgehead atoms. The second-order valence-electron chi connectivity index (χ2n) is 13.0. The molecule has 1 unspecified atom stereocenters. The van der Waals surface area contributed by atoms with Crippen molar-refractivity contribution in [2.45, 2.75) is 70.6 Å². The summed E-state index contributed by atoms with van der Waals surface area (Å²) in [6, 6.07) is 20.5. The van der Waals surface area contributed by atoms with Crippen molar-refractivity contribution in [1.29, 1.82) is 0 Å². The molecule has 4 aliphatic rings. The first-order chi connectivity index (χ1) is 19.6. The highest BCUT2D eigenvalue weighted by Gasteiger charge is 2.53. The smallest absolute Gasteiger partial charge is 0.341 e. The van der Waals surface area contributed by atoms with Gasteiger partial charge in [-0.15, -0.1) is 0 Å². The summed E-state index contributed by atoms with van der Waals surface area (Å²) < 4.78 is 11.2. The molecule has 40 heavy (non-hydrogen) atoms. The SMILES string of the molecule is COC(=O)c1ccc(-c2ccc3ccccc3c2)cc1OCCCCCCC(CO)C12CC3CC(CC(C3)C1)C2. The van der Waals surface area contributed by atoms with Gasteiger partial charge in [0.15, 0.2) is 0 Å². The fourth-order valence-electron chi connectivity index (χ4n) is 8.77. The molecule has 0 spiro atoms. The summed E-state index contributed by atoms with van der Waals surface area (Å²) in [7, 11) is 1.41. The molecular weight excluding hydrogens is 496 g/mol. The number of aliphatic hydroxyl groups excluding tert-OH is 1. The third-order valence-electron chi connectivity index (χ3n) is 10.3. The van der Waals surface area contributed by atoms with Crippen LogP contribution in [0.2, 0.25) is 0 Å². The zero-order valence-electron chi connectivity index (χ0n) is 23.9. The quantitative estimate of drug-likeness (QED) is 0.185. The van der Waals surface area contributed by atoms with E-state index in [2.05, 4.69) is 30.3 Å². The van der Waals surface area contributed by atoms with Gasteiger partial charge in [-0.05, 0) is 121 Å². The van der Waals surface area contributed by atoms with E-state index >= 15 is 0 Å². The molecule has 0 aliphatic heterocycles. The van der Waals surface area contributed by atoms with E-state index in [-0.39, 0.29) is 5.97 Å². The number of rotatable bonds is 12. The molecule has 4 aliphatic carbocycles. The summed E-state index contributed by atoms with van der Waals surface area (Å²) in [6.45, 7) is 0.933. The summed E-state index contributed by atoms with van der Waals surface area (Å²) in [5.41, 5.74) is 3.02. The molecule has 212 valence electrons. The van der Waals surface area contributed by atoms with Gasteiger partial charge in [-0.1, -0.05) is 61.7 Å². The number of unbranched alkanes of at least 4 members (excludes halogenated alkanes) is 3. The number of benzene rings is 3. The van der Waals surface area contributed by atoms with Crippen molar-refractivity contribution in [3.8, 4) is 16.9 Å². The Bertz CT molecular complexity index is 1290. The van der Waals surface area contributed by atoms with Crippen LogP contribution in [0.15, 0.2) is 60.7 Å². The Morgan fingerprint density at radius 1 is 0.850 bits per heavy atom. The van der Waals surface area contributed by atoms with Gasteiger partial charge in [-0.2, -0.15) is 0 Å². The molecule has 1 N–H and O–H groups in total. The van der Waals surface area contributed by atoms with E-state index in [4.69, 9.17) is 9.47 Å². The Hall–Kier alpha value is -2.85. The minimum absolute atomic E-state index is 0.360. The van der Waals surface area contributed by atoms with E-state index in [0.717, 1.165) is 54.6 Å². The average Bonchev–Trinajstić information content (AvgIpc) is 2.97. The Morgan fingerprint density at radius 2 is 1.50 bits per heavy atom. The highest BCUT2D eigenvalue weighted by Crippen LogP contribution is 2.63. The lowest BCUT2D eigenvalue weighted by Crippen LogP contribution is -2.50. The minimum Gasteiger partial charge on any atom is -0.493 e. The molecule has 0 heterocycles. The van der Waals surface area contributed by atoms with Gasteiger partial charge < -0.3 is 14.6 Å². The van der Waals surface area contributed by atoms with Crippen LogP contribution in [-0.2, 0) is 4.74 Å². The third-order valence-corrected chi connectivity index (χ3v) is 10.3. The number of carbonyl (C=O) groups excluding carboxylic acids is 1. The van der Waals surface area contributed by atoms with Crippen molar-refractivity contribution in [1.82, 2.24) is 0 Å². The third kappa shape index (κ3) is 5.65. The summed E-state index contributed by atoms with van der Waals surface area (Å²) in [6.07, 6.45) is 14.0. The minimum atomic E-state index is -0.375. The zero-order chi connectivity index (χ0) is 27.5. The molecule has 7 rings (SSSR count). The molecule has 0 radical (unpaired) electrons. The normalized spacial score (nSPS) is 25.7. The maximum absolute atomic E-state index is 12.4. The molecule has 3 aromatic carbocycles. The van der Waals surface area contributed by atoms with Crippen LogP contribution in [0.25, 0.3) is 21.9 Å². The average molecular weight is 541 g/mol. The largest absolute Gasteiger partial charge is 0.493 e. The van der Waals surface area contributed by atoms with Gasteiger partial charge >= 0.3 is 5.97 Å². The van der Waals surface area contributed by atoms with Crippen molar-refractivity contribution >= 4 is 16.7 Å². The van der Waals surface area contributed by atoms with Gasteiger partial charge in [0, 0.05) is 6.61 Å². The molecule has 0 saturated heterocycles. The molecule has 1 atom stereocenters. The molecule has 4 saturated carbocycles. The van der Waals surface area contributed by atoms with Crippen LogP contribution >= 0.6 is 0 Å². The fourth-order valence-corrected chi connectivity index (χ4v) is 8.77. The lowest BCUT2D eigenvalue weighted by molar-refractivity contribution is -0.100. The lowest BCUT2D eigenvalue weighted by Gasteiger charge is -2.59. The number of carbonyl (C=O) groups is 1. The Balaban J connectivity index is 1.02. The first-order valence-corrected chi connectivity index (χ1v) is 15.5. The maximum Gasteiger partial charge on any atom is 0.341 e. The van der Waals surface area contributed by atoms with E-state index in [1.165, 1.54) is 62.8 Å². The van der Waals surface area contributed by atoms with E-state index in [1.54, 1.807) is 0 Å². The summed E-state index contributed by atoms with van der Waals surface area (Å²) >= 11 is 0. The lowest BCUT2D eigenvalue weighted by atomic mass is 9.46. The van der Waals surface area contributed by atoms with Gasteiger partial charge in [-0.25, -0.2) is 4.79 Å². The second kappa shape index (κ2) is 11.9. The van der Waals surface area contributed by atoms with Crippen LogP contribution in [-0.4, -0.2) is 31.4 Å². The number of ether oxygens (including phenoxy) is 2. The van der Waals surface area contributed by atoms with E-state index in [0.29, 0.717) is 35.9 Å². The van der Waals surface area contributed by atoms with Crippen molar-refractivity contribution in [3.05, 3.63) is 66.2 Å². The Labute approximate surface area is 239 Å². The van der Waals surface area contributed by atoms with Crippen LogP contribution in [0.3, 0.4) is 0 Å². The molecule has 3 aromatic rings. The van der Waals surface area contributed by atoms with Crippen molar-refractivity contribution in [3.63, 3.8) is 0 Å². The Morgan fingerprint density at radius 3 is 2.20 bits per heavy atom. The Kier molecular flexibility index (Phi) is 8.16. The van der Waals surface area contributed by atoms with Crippen LogP contribution < -0.4 is 4.74 Å². The van der Waals surface area contributed by atoms with Crippen molar-refractivity contribution in [2.75, 3.05) is 20.3 Å². The summed E-state index contributed by atoms with van der Waals surface area (Å²) in [5.74, 6) is 3.50. The number of aliphatic hydroxyl groups is 1. The zero-order valence-corrected chi connectivity index (χ0v) is 23.9. The van der Waals surface area contributed by atoms with Crippen LogP contribution in [0.1, 0.15) is 81.0 Å². The van der Waals surface area contributed by atoms with Gasteiger partial charge in [0.2, 0.25) is 0 Å². The van der Waals surface area contributed by atoms with E-state index in [9.17, 15) is 9.90 Å². The van der Waals surface area contributed by atoms with E-state index in [1.807, 2.05) is 30.3 Å². The van der Waals surface area contributed by atoms with E-state index < -0.39 is 0 Å². The van der Waals surface area contributed by atoms with Gasteiger partial charge in [0.1, 0.15) is 11.3 Å². The standard InChI is InChI=1S/C36H44O4/c1-39-35(38)33-14-13-31(30-12-11-28-8-5-6-9-29(28)19-30)20-34(33)40-15-7-3-2-4-10-32(24-37)36-21-25-16-26(22-36)18-27(17-25)23-36/h5-6,8-9,11-14,19-20,25-27,32,37H,2-4,7,10,15-18,21-24H2,1H3. The number of esters is 1. The maximum atomic E-state index is 12.4. The molecular formula is C36H44O4. The number of hydrogen-bond donors (Lipinski definition) is 1. The fraction of sp³-hybridized carbons (Fsp3) is 0.528. The van der Waals surface area contributed by atoms with Crippen LogP contribution in [0, 0.1) is 29.1 Å².